The molecule has 8 heteroatoms. The number of nitrogens with zero attached hydrogens (tertiary/aromatic N) is 5. The largest absolute Gasteiger partial charge is 0.476 e. The molecular formula is C11H17N5O3. The normalized spacial score (nSPS) is 16.6. The Hall–Kier alpha value is -1.96. The van der Waals surface area contributed by atoms with E-state index < -0.39 is 5.97 Å². The van der Waals surface area contributed by atoms with E-state index in [4.69, 9.17) is 5.11 Å². The summed E-state index contributed by atoms with van der Waals surface area (Å²) in [4.78, 5) is 26.7. The van der Waals surface area contributed by atoms with Gasteiger partial charge in [0.25, 0.3) is 0 Å². The zero-order chi connectivity index (χ0) is 13.8. The van der Waals surface area contributed by atoms with Gasteiger partial charge in [-0.25, -0.2) is 9.48 Å². The number of hydrogen-bond donors (Lipinski definition) is 1. The number of carboxylic acid groups (broad SMARTS) is 1. The van der Waals surface area contributed by atoms with Gasteiger partial charge in [0.15, 0.2) is 5.69 Å². The van der Waals surface area contributed by atoms with E-state index in [1.54, 1.807) is 4.90 Å². The van der Waals surface area contributed by atoms with E-state index in [0.717, 1.165) is 19.6 Å². The van der Waals surface area contributed by atoms with E-state index in [0.29, 0.717) is 13.1 Å². The second kappa shape index (κ2) is 5.79. The molecule has 1 fully saturated rings. The molecule has 0 spiro atoms. The van der Waals surface area contributed by atoms with Crippen LogP contribution in [0.3, 0.4) is 0 Å². The quantitative estimate of drug-likeness (QED) is 0.763. The molecule has 19 heavy (non-hydrogen) atoms. The number of aromatic nitrogens is 3. The van der Waals surface area contributed by atoms with Gasteiger partial charge in [-0.15, -0.1) is 5.10 Å². The van der Waals surface area contributed by atoms with Crippen molar-refractivity contribution in [2.24, 2.45) is 0 Å². The Morgan fingerprint density at radius 3 is 2.53 bits per heavy atom. The summed E-state index contributed by atoms with van der Waals surface area (Å²) in [5.41, 5.74) is -0.149. The fraction of sp³-hybridized carbons (Fsp3) is 0.636. The van der Waals surface area contributed by atoms with Gasteiger partial charge in [-0.05, 0) is 6.54 Å². The van der Waals surface area contributed by atoms with Crippen LogP contribution in [0.1, 0.15) is 17.4 Å². The number of hydrogen-bond acceptors (Lipinski definition) is 5. The average molecular weight is 267 g/mol. The van der Waals surface area contributed by atoms with Gasteiger partial charge in [0.2, 0.25) is 5.91 Å². The zero-order valence-corrected chi connectivity index (χ0v) is 10.8. The summed E-state index contributed by atoms with van der Waals surface area (Å²) in [6.45, 7) is 6.28. The molecule has 1 aromatic rings. The highest BCUT2D eigenvalue weighted by Gasteiger charge is 2.21. The van der Waals surface area contributed by atoms with Gasteiger partial charge >= 0.3 is 5.97 Å². The highest BCUT2D eigenvalue weighted by molar-refractivity contribution is 5.84. The Balaban J connectivity index is 1.88. The lowest BCUT2D eigenvalue weighted by molar-refractivity contribution is -0.133. The van der Waals surface area contributed by atoms with Crippen LogP contribution in [-0.2, 0) is 11.3 Å². The van der Waals surface area contributed by atoms with E-state index in [2.05, 4.69) is 22.1 Å². The zero-order valence-electron chi connectivity index (χ0n) is 10.8. The highest BCUT2D eigenvalue weighted by atomic mass is 16.4. The van der Waals surface area contributed by atoms with E-state index in [1.165, 1.54) is 10.9 Å². The van der Waals surface area contributed by atoms with E-state index >= 15 is 0 Å². The number of amides is 1. The molecule has 2 rings (SSSR count). The lowest BCUT2D eigenvalue weighted by Crippen LogP contribution is -2.49. The van der Waals surface area contributed by atoms with E-state index in [9.17, 15) is 9.59 Å². The molecule has 1 aliphatic heterocycles. The van der Waals surface area contributed by atoms with Crippen molar-refractivity contribution in [3.8, 4) is 0 Å². The van der Waals surface area contributed by atoms with Gasteiger partial charge in [0, 0.05) is 26.2 Å². The van der Waals surface area contributed by atoms with Crippen LogP contribution in [0.4, 0.5) is 0 Å². The predicted molar refractivity (Wildman–Crippen MR) is 65.7 cm³/mol. The molecule has 2 heterocycles. The third-order valence-electron chi connectivity index (χ3n) is 3.23. The van der Waals surface area contributed by atoms with Crippen LogP contribution in [0.15, 0.2) is 6.20 Å². The number of carbonyl (C=O) groups is 2. The first-order valence-electron chi connectivity index (χ1n) is 6.23. The Labute approximate surface area is 110 Å². The lowest BCUT2D eigenvalue weighted by atomic mass is 10.3. The fourth-order valence-electron chi connectivity index (χ4n) is 2.03. The number of rotatable bonds is 4. The summed E-state index contributed by atoms with van der Waals surface area (Å²) in [5.74, 6) is -1.20. The van der Waals surface area contributed by atoms with Crippen molar-refractivity contribution in [1.82, 2.24) is 24.8 Å². The summed E-state index contributed by atoms with van der Waals surface area (Å²) in [7, 11) is 0. The maximum Gasteiger partial charge on any atom is 0.358 e. The van der Waals surface area contributed by atoms with Gasteiger partial charge in [-0.2, -0.15) is 0 Å². The molecule has 0 saturated carbocycles. The Kier molecular flexibility index (Phi) is 4.10. The maximum atomic E-state index is 12.0. The van der Waals surface area contributed by atoms with Crippen molar-refractivity contribution in [3.63, 3.8) is 0 Å². The summed E-state index contributed by atoms with van der Waals surface area (Å²) in [6, 6.07) is 0. The third-order valence-corrected chi connectivity index (χ3v) is 3.23. The SMILES string of the molecule is CCN1CCN(C(=O)Cn2cc(C(=O)O)nn2)CC1. The van der Waals surface area contributed by atoms with Crippen molar-refractivity contribution >= 4 is 11.9 Å². The highest BCUT2D eigenvalue weighted by Crippen LogP contribution is 2.03. The van der Waals surface area contributed by atoms with Gasteiger partial charge < -0.3 is 14.9 Å². The van der Waals surface area contributed by atoms with Gasteiger partial charge in [0.1, 0.15) is 6.54 Å². The van der Waals surface area contributed by atoms with Crippen molar-refractivity contribution in [1.29, 1.82) is 0 Å². The maximum absolute atomic E-state index is 12.0. The van der Waals surface area contributed by atoms with Crippen LogP contribution < -0.4 is 0 Å². The Bertz CT molecular complexity index is 465. The molecule has 0 atom stereocenters. The molecule has 8 nitrogen and oxygen atoms in total. The van der Waals surface area contributed by atoms with Crippen LogP contribution in [0.5, 0.6) is 0 Å². The molecule has 1 aliphatic rings. The standard InChI is InChI=1S/C11H17N5O3/c1-2-14-3-5-15(6-4-14)10(17)8-16-7-9(11(18)19)12-13-16/h7H,2-6,8H2,1H3,(H,18,19). The summed E-state index contributed by atoms with van der Waals surface area (Å²) in [6.07, 6.45) is 1.27. The summed E-state index contributed by atoms with van der Waals surface area (Å²) in [5, 5.41) is 15.8. The van der Waals surface area contributed by atoms with Crippen LogP contribution >= 0.6 is 0 Å². The number of aromatic carboxylic acids is 1. The average Bonchev–Trinajstić information content (AvgIpc) is 2.87. The van der Waals surface area contributed by atoms with Crippen LogP contribution in [0, 0.1) is 0 Å². The lowest BCUT2D eigenvalue weighted by Gasteiger charge is -2.33. The second-order valence-electron chi connectivity index (χ2n) is 4.42. The molecule has 1 N–H and O–H groups in total. The van der Waals surface area contributed by atoms with Gasteiger partial charge in [-0.3, -0.25) is 4.79 Å². The first-order valence-corrected chi connectivity index (χ1v) is 6.23. The van der Waals surface area contributed by atoms with Crippen molar-refractivity contribution < 1.29 is 14.7 Å². The number of likely N-dealkylation sites (N-methyl/N-ethyl adjacent to an activating group) is 1. The molecule has 1 saturated heterocycles. The van der Waals surface area contributed by atoms with Gasteiger partial charge in [-0.1, -0.05) is 12.1 Å². The fourth-order valence-corrected chi connectivity index (χ4v) is 2.03. The molecular weight excluding hydrogens is 250 g/mol. The van der Waals surface area contributed by atoms with Gasteiger partial charge in [0.05, 0.1) is 6.20 Å². The van der Waals surface area contributed by atoms with E-state index in [1.807, 2.05) is 0 Å². The van der Waals surface area contributed by atoms with Crippen molar-refractivity contribution in [2.75, 3.05) is 32.7 Å². The number of carboxylic acids is 1. The Morgan fingerprint density at radius 2 is 2.00 bits per heavy atom. The van der Waals surface area contributed by atoms with Crippen LogP contribution in [-0.4, -0.2) is 74.5 Å². The molecule has 1 aromatic heterocycles. The minimum absolute atomic E-state index is 0.0341. The predicted octanol–water partition coefficient (Wildman–Crippen LogP) is -0.860. The molecule has 0 bridgehead atoms. The Morgan fingerprint density at radius 1 is 1.32 bits per heavy atom. The summed E-state index contributed by atoms with van der Waals surface area (Å²) < 4.78 is 1.26. The minimum atomic E-state index is -1.14. The molecule has 0 radical (unpaired) electrons. The molecule has 0 aliphatic carbocycles. The van der Waals surface area contributed by atoms with Crippen molar-refractivity contribution in [3.05, 3.63) is 11.9 Å². The smallest absolute Gasteiger partial charge is 0.358 e. The topological polar surface area (TPSA) is 91.6 Å². The first kappa shape index (κ1) is 13.5. The minimum Gasteiger partial charge on any atom is -0.476 e. The monoisotopic (exact) mass is 267 g/mol. The van der Waals surface area contributed by atoms with Crippen LogP contribution in [0.2, 0.25) is 0 Å². The molecule has 0 aromatic carbocycles. The number of piperazine rings is 1. The summed E-state index contributed by atoms with van der Waals surface area (Å²) >= 11 is 0. The van der Waals surface area contributed by atoms with E-state index in [-0.39, 0.29) is 18.1 Å². The molecule has 104 valence electrons. The number of carbonyl (C=O) groups excluding carboxylic acids is 1. The second-order valence-corrected chi connectivity index (χ2v) is 4.42. The first-order chi connectivity index (χ1) is 9.10. The molecule has 0 unspecified atom stereocenters. The third kappa shape index (κ3) is 3.28. The van der Waals surface area contributed by atoms with Crippen molar-refractivity contribution in [2.45, 2.75) is 13.5 Å². The molecule has 1 amide bonds. The van der Waals surface area contributed by atoms with Crippen LogP contribution in [0.25, 0.3) is 0 Å².